The molecule has 4 rings (SSSR count). The van der Waals surface area contributed by atoms with Crippen LogP contribution in [0, 0.1) is 6.92 Å². The monoisotopic (exact) mass is 410 g/mol. The summed E-state index contributed by atoms with van der Waals surface area (Å²) in [5.41, 5.74) is 3.77. The van der Waals surface area contributed by atoms with E-state index in [4.69, 9.17) is 11.6 Å². The van der Waals surface area contributed by atoms with E-state index in [9.17, 15) is 14.7 Å². The molecule has 4 aromatic rings. The van der Waals surface area contributed by atoms with E-state index in [-0.39, 0.29) is 11.1 Å². The van der Waals surface area contributed by atoms with Crippen LogP contribution in [0.3, 0.4) is 0 Å². The molecule has 0 fully saturated rings. The van der Waals surface area contributed by atoms with Crippen LogP contribution in [0.1, 0.15) is 21.6 Å². The average Bonchev–Trinajstić information content (AvgIpc) is 3.07. The van der Waals surface area contributed by atoms with E-state index in [1.165, 1.54) is 0 Å². The smallest absolute Gasteiger partial charge is 0.337 e. The first-order valence-corrected chi connectivity index (χ1v) is 9.47. The highest BCUT2D eigenvalue weighted by Gasteiger charge is 2.16. The molecule has 0 aliphatic carbocycles. The number of fused-ring (bicyclic) bond motifs is 3. The van der Waals surface area contributed by atoms with Gasteiger partial charge in [0.05, 0.1) is 22.2 Å². The summed E-state index contributed by atoms with van der Waals surface area (Å²) in [4.78, 5) is 28.6. The zero-order valence-electron chi connectivity index (χ0n) is 15.9. The van der Waals surface area contributed by atoms with Crippen LogP contribution in [-0.2, 0) is 13.5 Å². The lowest BCUT2D eigenvalue weighted by molar-refractivity contribution is 0.0698. The maximum atomic E-state index is 12.9. The number of hydrogen-bond acceptors (Lipinski definition) is 4. The van der Waals surface area contributed by atoms with Crippen LogP contribution >= 0.6 is 11.6 Å². The number of carboxylic acid groups (broad SMARTS) is 1. The van der Waals surface area contributed by atoms with Gasteiger partial charge in [0, 0.05) is 24.3 Å². The van der Waals surface area contributed by atoms with Crippen LogP contribution in [-0.4, -0.2) is 31.6 Å². The minimum Gasteiger partial charge on any atom is -0.478 e. The van der Waals surface area contributed by atoms with Crippen molar-refractivity contribution in [3.05, 3.63) is 74.9 Å². The fourth-order valence-electron chi connectivity index (χ4n) is 3.73. The third kappa shape index (κ3) is 3.23. The number of carboxylic acids is 1. The summed E-state index contributed by atoms with van der Waals surface area (Å²) in [6, 6.07) is 10.3. The summed E-state index contributed by atoms with van der Waals surface area (Å²) in [5, 5.41) is 13.5. The van der Waals surface area contributed by atoms with Gasteiger partial charge in [0.1, 0.15) is 12.0 Å². The zero-order valence-corrected chi connectivity index (χ0v) is 16.7. The molecule has 0 spiro atoms. The molecule has 148 valence electrons. The lowest BCUT2D eigenvalue weighted by atomic mass is 10.1. The van der Waals surface area contributed by atoms with Crippen molar-refractivity contribution < 1.29 is 9.90 Å². The van der Waals surface area contributed by atoms with Crippen molar-refractivity contribution in [3.8, 4) is 0 Å². The third-order valence-electron chi connectivity index (χ3n) is 5.03. The van der Waals surface area contributed by atoms with Gasteiger partial charge in [-0.05, 0) is 43.2 Å². The summed E-state index contributed by atoms with van der Waals surface area (Å²) in [6.07, 6.45) is 2.25. The fraction of sp³-hybridized carbons (Fsp3) is 0.190. The van der Waals surface area contributed by atoms with Crippen LogP contribution < -0.4 is 10.9 Å². The molecule has 0 unspecified atom stereocenters. The largest absolute Gasteiger partial charge is 0.478 e. The van der Waals surface area contributed by atoms with Crippen LogP contribution in [0.2, 0.25) is 5.02 Å². The normalized spacial score (nSPS) is 11.3. The van der Waals surface area contributed by atoms with E-state index in [2.05, 4.69) is 10.3 Å². The van der Waals surface area contributed by atoms with Gasteiger partial charge >= 0.3 is 5.97 Å². The predicted molar refractivity (Wildman–Crippen MR) is 113 cm³/mol. The van der Waals surface area contributed by atoms with Crippen molar-refractivity contribution in [3.63, 3.8) is 0 Å². The number of benzene rings is 2. The molecule has 0 saturated heterocycles. The minimum absolute atomic E-state index is 0.135. The van der Waals surface area contributed by atoms with Gasteiger partial charge < -0.3 is 10.4 Å². The molecule has 8 heteroatoms. The molecule has 0 radical (unpaired) electrons. The Hall–Kier alpha value is -3.32. The first-order chi connectivity index (χ1) is 13.9. The molecule has 2 aromatic carbocycles. The Balaban J connectivity index is 1.77. The highest BCUT2D eigenvalue weighted by molar-refractivity contribution is 6.31. The summed E-state index contributed by atoms with van der Waals surface area (Å²) in [6.45, 7) is 2.34. The molecule has 0 aliphatic rings. The summed E-state index contributed by atoms with van der Waals surface area (Å²) in [5.74, 6) is -0.986. The molecule has 0 aliphatic heterocycles. The molecule has 0 amide bonds. The molecule has 2 heterocycles. The maximum absolute atomic E-state index is 12.9. The highest BCUT2D eigenvalue weighted by Crippen LogP contribution is 2.25. The van der Waals surface area contributed by atoms with Crippen molar-refractivity contribution >= 4 is 39.8 Å². The first kappa shape index (κ1) is 19.0. The Morgan fingerprint density at radius 2 is 2.03 bits per heavy atom. The Morgan fingerprint density at radius 1 is 1.28 bits per heavy atom. The summed E-state index contributed by atoms with van der Waals surface area (Å²) < 4.78 is 3.48. The molecular formula is C21H19ClN4O3. The van der Waals surface area contributed by atoms with Gasteiger partial charge in [-0.3, -0.25) is 13.8 Å². The Morgan fingerprint density at radius 3 is 2.79 bits per heavy atom. The molecular weight excluding hydrogens is 392 g/mol. The first-order valence-electron chi connectivity index (χ1n) is 9.09. The molecule has 2 aromatic heterocycles. The van der Waals surface area contributed by atoms with E-state index in [1.54, 1.807) is 48.3 Å². The fourth-order valence-corrected chi connectivity index (χ4v) is 3.97. The van der Waals surface area contributed by atoms with E-state index >= 15 is 0 Å². The number of aryl methyl sites for hydroxylation is 2. The molecule has 29 heavy (non-hydrogen) atoms. The number of nitrogens with one attached hydrogen (secondary N) is 1. The Kier molecular flexibility index (Phi) is 4.76. The molecule has 2 N–H and O–H groups in total. The number of imidazole rings is 1. The second-order valence-corrected chi connectivity index (χ2v) is 7.31. The lowest BCUT2D eigenvalue weighted by Gasteiger charge is -2.14. The lowest BCUT2D eigenvalue weighted by Crippen LogP contribution is -2.21. The highest BCUT2D eigenvalue weighted by atomic mass is 35.5. The number of para-hydroxylation sites is 1. The molecule has 0 saturated carbocycles. The predicted octanol–water partition coefficient (Wildman–Crippen LogP) is 3.50. The second kappa shape index (κ2) is 7.25. The number of aromatic nitrogens is 3. The van der Waals surface area contributed by atoms with Crippen LogP contribution in [0.4, 0.5) is 5.69 Å². The van der Waals surface area contributed by atoms with Gasteiger partial charge in [-0.1, -0.05) is 23.7 Å². The maximum Gasteiger partial charge on any atom is 0.337 e. The van der Waals surface area contributed by atoms with Crippen LogP contribution in [0.5, 0.6) is 0 Å². The van der Waals surface area contributed by atoms with Crippen LogP contribution in [0.15, 0.2) is 47.5 Å². The molecule has 0 atom stereocenters. The van der Waals surface area contributed by atoms with Gasteiger partial charge in [-0.25, -0.2) is 9.78 Å². The SMILES string of the molecule is Cc1ncn2c3c(CCNc4ccccc4C(=O)O)cc(Cl)cc3c(=O)n(C)c12. The third-order valence-corrected chi connectivity index (χ3v) is 5.25. The number of rotatable bonds is 5. The topological polar surface area (TPSA) is 88.6 Å². The number of halogens is 1. The van der Waals surface area contributed by atoms with E-state index in [0.29, 0.717) is 29.1 Å². The Bertz CT molecular complexity index is 1320. The number of aromatic carboxylic acids is 1. The number of hydrogen-bond donors (Lipinski definition) is 2. The van der Waals surface area contributed by atoms with Crippen LogP contribution in [0.25, 0.3) is 16.6 Å². The Labute approximate surface area is 171 Å². The number of nitrogens with zero attached hydrogens (tertiary/aromatic N) is 3. The molecule has 0 bridgehead atoms. The van der Waals surface area contributed by atoms with Crippen molar-refractivity contribution in [1.29, 1.82) is 0 Å². The van der Waals surface area contributed by atoms with Gasteiger partial charge in [-0.15, -0.1) is 0 Å². The van der Waals surface area contributed by atoms with Crippen molar-refractivity contribution in [1.82, 2.24) is 14.0 Å². The standard InChI is InChI=1S/C21H19ClN4O3/c1-12-19-25(2)20(27)16-10-14(22)9-13(18(16)26(19)11-24-12)7-8-23-17-6-4-3-5-15(17)21(28)29/h3-6,9-11,23H,7-8H2,1-2H3,(H,28,29). The van der Waals surface area contributed by atoms with Crippen molar-refractivity contribution in [2.24, 2.45) is 7.05 Å². The number of carbonyl (C=O) groups is 1. The van der Waals surface area contributed by atoms with Gasteiger partial charge in [0.25, 0.3) is 5.56 Å². The van der Waals surface area contributed by atoms with Crippen molar-refractivity contribution in [2.45, 2.75) is 13.3 Å². The van der Waals surface area contributed by atoms with E-state index < -0.39 is 5.97 Å². The van der Waals surface area contributed by atoms with Gasteiger partial charge in [0.2, 0.25) is 0 Å². The quantitative estimate of drug-likeness (QED) is 0.525. The molecule has 7 nitrogen and oxygen atoms in total. The second-order valence-electron chi connectivity index (χ2n) is 6.88. The average molecular weight is 411 g/mol. The summed E-state index contributed by atoms with van der Waals surface area (Å²) >= 11 is 6.30. The van der Waals surface area contributed by atoms with E-state index in [1.807, 2.05) is 17.4 Å². The number of anilines is 1. The van der Waals surface area contributed by atoms with E-state index in [0.717, 1.165) is 22.4 Å². The van der Waals surface area contributed by atoms with Crippen molar-refractivity contribution in [2.75, 3.05) is 11.9 Å². The van der Waals surface area contributed by atoms with Gasteiger partial charge in [-0.2, -0.15) is 0 Å². The minimum atomic E-state index is -0.986. The zero-order chi connectivity index (χ0) is 20.7. The van der Waals surface area contributed by atoms with Gasteiger partial charge in [0.15, 0.2) is 0 Å². The summed E-state index contributed by atoms with van der Waals surface area (Å²) in [7, 11) is 1.72.